The monoisotopic (exact) mass is 479 g/mol. The van der Waals surface area contributed by atoms with E-state index in [2.05, 4.69) is 42.4 Å². The molecule has 1 aliphatic rings. The Hall–Kier alpha value is -2.19. The number of aromatic hydroxyl groups is 1. The normalized spacial score (nSPS) is 14.2. The number of rotatable bonds is 4. The Kier molecular flexibility index (Phi) is 5.73. The van der Waals surface area contributed by atoms with Crippen molar-refractivity contribution in [2.24, 2.45) is 5.10 Å². The van der Waals surface area contributed by atoms with Crippen LogP contribution in [-0.2, 0) is 4.79 Å². The van der Waals surface area contributed by atoms with E-state index in [-0.39, 0.29) is 17.6 Å². The molecule has 1 fully saturated rings. The van der Waals surface area contributed by atoms with Gasteiger partial charge in [-0.1, -0.05) is 15.9 Å². The Balaban J connectivity index is 1.66. The Morgan fingerprint density at radius 1 is 1.23 bits per heavy atom. The molecule has 0 bridgehead atoms. The molecule has 0 saturated carbocycles. The van der Waals surface area contributed by atoms with Crippen LogP contribution < -0.4 is 10.3 Å². The number of carbonyl (C=O) groups is 2. The molecule has 2 amide bonds. The number of hydrogen-bond acceptors (Lipinski definition) is 4. The second kappa shape index (κ2) is 8.01. The predicted molar refractivity (Wildman–Crippen MR) is 107 cm³/mol. The lowest BCUT2D eigenvalue weighted by molar-refractivity contribution is -0.117. The van der Waals surface area contributed by atoms with E-state index in [4.69, 9.17) is 0 Å². The molecular weight excluding hydrogens is 466 g/mol. The van der Waals surface area contributed by atoms with Gasteiger partial charge in [-0.15, -0.1) is 0 Å². The predicted octanol–water partition coefficient (Wildman–Crippen LogP) is 3.81. The van der Waals surface area contributed by atoms with E-state index >= 15 is 0 Å². The summed E-state index contributed by atoms with van der Waals surface area (Å²) in [7, 11) is 0. The summed E-state index contributed by atoms with van der Waals surface area (Å²) < 4.78 is 1.29. The number of halogens is 2. The third-order valence-electron chi connectivity index (χ3n) is 3.94. The molecule has 2 aromatic carbocycles. The van der Waals surface area contributed by atoms with E-state index in [9.17, 15) is 14.7 Å². The number of hydrazone groups is 1. The van der Waals surface area contributed by atoms with Crippen LogP contribution in [0.3, 0.4) is 0 Å². The molecule has 0 unspecified atom stereocenters. The molecule has 1 saturated heterocycles. The topological polar surface area (TPSA) is 82.0 Å². The smallest absolute Gasteiger partial charge is 0.271 e. The molecule has 0 atom stereocenters. The van der Waals surface area contributed by atoms with Gasteiger partial charge in [-0.2, -0.15) is 5.10 Å². The number of nitrogens with one attached hydrogen (secondary N) is 1. The van der Waals surface area contributed by atoms with E-state index in [1.807, 2.05) is 0 Å². The van der Waals surface area contributed by atoms with Crippen molar-refractivity contribution in [3.8, 4) is 5.75 Å². The minimum atomic E-state index is -0.380. The summed E-state index contributed by atoms with van der Waals surface area (Å²) in [6, 6.07) is 10.2. The highest BCUT2D eigenvalue weighted by atomic mass is 79.9. The van der Waals surface area contributed by atoms with E-state index in [0.717, 1.165) is 16.6 Å². The molecule has 26 heavy (non-hydrogen) atoms. The third-order valence-corrected chi connectivity index (χ3v) is 5.00. The molecule has 0 radical (unpaired) electrons. The number of carbonyl (C=O) groups excluding carboxylic acids is 2. The third kappa shape index (κ3) is 4.13. The molecule has 0 spiro atoms. The molecule has 0 aromatic heterocycles. The van der Waals surface area contributed by atoms with Crippen molar-refractivity contribution in [3.05, 3.63) is 56.5 Å². The van der Waals surface area contributed by atoms with Gasteiger partial charge in [-0.05, 0) is 58.7 Å². The second-order valence-electron chi connectivity index (χ2n) is 5.72. The van der Waals surface area contributed by atoms with Gasteiger partial charge in [0.1, 0.15) is 5.75 Å². The molecule has 0 aliphatic carbocycles. The van der Waals surface area contributed by atoms with Crippen LogP contribution in [0, 0.1) is 0 Å². The molecule has 134 valence electrons. The molecule has 1 heterocycles. The minimum Gasteiger partial charge on any atom is -0.506 e. The maximum Gasteiger partial charge on any atom is 0.271 e. The summed E-state index contributed by atoms with van der Waals surface area (Å²) in [5.74, 6) is -0.244. The molecule has 6 nitrogen and oxygen atoms in total. The summed E-state index contributed by atoms with van der Waals surface area (Å²) in [6.07, 6.45) is 2.78. The highest BCUT2D eigenvalue weighted by Gasteiger charge is 2.21. The minimum absolute atomic E-state index is 0.0332. The van der Waals surface area contributed by atoms with Gasteiger partial charge >= 0.3 is 0 Å². The number of phenolic OH excluding ortho intramolecular Hbond substituents is 1. The van der Waals surface area contributed by atoms with Crippen LogP contribution in [0.5, 0.6) is 5.75 Å². The zero-order valence-electron chi connectivity index (χ0n) is 13.6. The van der Waals surface area contributed by atoms with E-state index < -0.39 is 0 Å². The van der Waals surface area contributed by atoms with Crippen LogP contribution >= 0.6 is 31.9 Å². The maximum atomic E-state index is 12.2. The number of hydrogen-bond donors (Lipinski definition) is 2. The fourth-order valence-electron chi connectivity index (χ4n) is 2.62. The fraction of sp³-hybridized carbons (Fsp3) is 0.167. The SMILES string of the molecule is O=C(N/N=C\c1cc(Br)cc(Br)c1O)c1ccc(N2CCCC2=O)cc1. The van der Waals surface area contributed by atoms with Crippen LogP contribution in [-0.4, -0.2) is 29.7 Å². The van der Waals surface area contributed by atoms with Crippen molar-refractivity contribution < 1.29 is 14.7 Å². The van der Waals surface area contributed by atoms with Crippen molar-refractivity contribution in [2.75, 3.05) is 11.4 Å². The van der Waals surface area contributed by atoms with Crippen molar-refractivity contribution >= 4 is 55.6 Å². The van der Waals surface area contributed by atoms with Crippen LogP contribution in [0.1, 0.15) is 28.8 Å². The largest absolute Gasteiger partial charge is 0.506 e. The summed E-state index contributed by atoms with van der Waals surface area (Å²) >= 11 is 6.56. The van der Waals surface area contributed by atoms with Crippen molar-refractivity contribution in [3.63, 3.8) is 0 Å². The quantitative estimate of drug-likeness (QED) is 0.515. The molecule has 2 N–H and O–H groups in total. The summed E-state index contributed by atoms with van der Waals surface area (Å²) in [4.78, 5) is 25.6. The van der Waals surface area contributed by atoms with E-state index in [1.165, 1.54) is 6.21 Å². The highest BCUT2D eigenvalue weighted by molar-refractivity contribution is 9.11. The van der Waals surface area contributed by atoms with Gasteiger partial charge in [0.2, 0.25) is 5.91 Å². The summed E-state index contributed by atoms with van der Waals surface area (Å²) in [5.41, 5.74) is 4.09. The molecular formula is C18H15Br2N3O3. The lowest BCUT2D eigenvalue weighted by Gasteiger charge is -2.15. The summed E-state index contributed by atoms with van der Waals surface area (Å²) in [5, 5.41) is 13.8. The summed E-state index contributed by atoms with van der Waals surface area (Å²) in [6.45, 7) is 0.709. The number of benzene rings is 2. The maximum absolute atomic E-state index is 12.2. The van der Waals surface area contributed by atoms with Crippen LogP contribution in [0.4, 0.5) is 5.69 Å². The van der Waals surface area contributed by atoms with Crippen molar-refractivity contribution in [2.45, 2.75) is 12.8 Å². The van der Waals surface area contributed by atoms with Gasteiger partial charge < -0.3 is 10.0 Å². The average molecular weight is 481 g/mol. The number of amides is 2. The van der Waals surface area contributed by atoms with Gasteiger partial charge in [-0.25, -0.2) is 5.43 Å². The highest BCUT2D eigenvalue weighted by Crippen LogP contribution is 2.30. The number of nitrogens with zero attached hydrogens (tertiary/aromatic N) is 2. The van der Waals surface area contributed by atoms with Crippen molar-refractivity contribution in [1.82, 2.24) is 5.43 Å². The van der Waals surface area contributed by atoms with Gasteiger partial charge in [0.05, 0.1) is 10.7 Å². The van der Waals surface area contributed by atoms with Gasteiger partial charge in [0.15, 0.2) is 0 Å². The Morgan fingerprint density at radius 3 is 2.62 bits per heavy atom. The Bertz CT molecular complexity index is 882. The lowest BCUT2D eigenvalue weighted by atomic mass is 10.2. The zero-order valence-corrected chi connectivity index (χ0v) is 16.7. The van der Waals surface area contributed by atoms with Crippen molar-refractivity contribution in [1.29, 1.82) is 0 Å². The fourth-order valence-corrected chi connectivity index (χ4v) is 3.88. The van der Waals surface area contributed by atoms with E-state index in [0.29, 0.717) is 28.6 Å². The molecule has 1 aliphatic heterocycles. The second-order valence-corrected chi connectivity index (χ2v) is 7.49. The number of phenols is 1. The Labute approximate surface area is 167 Å². The van der Waals surface area contributed by atoms with Crippen LogP contribution in [0.15, 0.2) is 50.4 Å². The zero-order chi connectivity index (χ0) is 18.7. The first-order valence-corrected chi connectivity index (χ1v) is 9.46. The molecule has 2 aromatic rings. The van der Waals surface area contributed by atoms with Gasteiger partial charge in [0, 0.05) is 34.3 Å². The first kappa shape index (κ1) is 18.6. The lowest BCUT2D eigenvalue weighted by Crippen LogP contribution is -2.24. The van der Waals surface area contributed by atoms with E-state index in [1.54, 1.807) is 41.3 Å². The number of anilines is 1. The standard InChI is InChI=1S/C18H15Br2N3O3/c19-13-8-12(17(25)15(20)9-13)10-21-22-18(26)11-3-5-14(6-4-11)23-7-1-2-16(23)24/h3-6,8-10,25H,1-2,7H2,(H,22,26)/b21-10-. The van der Waals surface area contributed by atoms with Crippen LogP contribution in [0.2, 0.25) is 0 Å². The first-order chi connectivity index (χ1) is 12.5. The Morgan fingerprint density at radius 2 is 1.96 bits per heavy atom. The average Bonchev–Trinajstić information content (AvgIpc) is 3.05. The van der Waals surface area contributed by atoms with Gasteiger partial charge in [0.25, 0.3) is 5.91 Å². The molecule has 8 heteroatoms. The molecule has 3 rings (SSSR count). The van der Waals surface area contributed by atoms with Gasteiger partial charge in [-0.3, -0.25) is 9.59 Å². The first-order valence-electron chi connectivity index (χ1n) is 7.87. The van der Waals surface area contributed by atoms with Crippen LogP contribution in [0.25, 0.3) is 0 Å².